The Hall–Kier alpha value is -3.64. The summed E-state index contributed by atoms with van der Waals surface area (Å²) in [6.07, 6.45) is 0. The Labute approximate surface area is 184 Å². The average molecular weight is 436 g/mol. The summed E-state index contributed by atoms with van der Waals surface area (Å²) in [5.41, 5.74) is 3.69. The fourth-order valence-electron chi connectivity index (χ4n) is 3.08. The van der Waals surface area contributed by atoms with Crippen LogP contribution < -0.4 is 10.1 Å². The van der Waals surface area contributed by atoms with Gasteiger partial charge in [0, 0.05) is 17.2 Å². The number of halogens is 2. The second-order valence-corrected chi connectivity index (χ2v) is 7.38. The van der Waals surface area contributed by atoms with Crippen LogP contribution in [0.2, 0.25) is 5.02 Å². The predicted octanol–water partition coefficient (Wildman–Crippen LogP) is 5.90. The summed E-state index contributed by atoms with van der Waals surface area (Å²) in [5, 5.41) is 7.43. The summed E-state index contributed by atoms with van der Waals surface area (Å²) in [5.74, 6) is 0.213. The second-order valence-electron chi connectivity index (χ2n) is 6.97. The Kier molecular flexibility index (Phi) is 5.73. The number of amides is 1. The summed E-state index contributed by atoms with van der Waals surface area (Å²) in [7, 11) is 1.61. The van der Waals surface area contributed by atoms with E-state index in [2.05, 4.69) is 10.4 Å². The molecule has 1 amide bonds. The molecule has 1 aromatic heterocycles. The maximum Gasteiger partial charge on any atom is 0.256 e. The number of anilines is 1. The van der Waals surface area contributed by atoms with Crippen LogP contribution in [0.1, 0.15) is 15.9 Å². The largest absolute Gasteiger partial charge is 0.497 e. The number of hydrogen-bond acceptors (Lipinski definition) is 3. The zero-order valence-corrected chi connectivity index (χ0v) is 17.7. The number of hydrogen-bond donors (Lipinski definition) is 1. The van der Waals surface area contributed by atoms with Gasteiger partial charge in [0.2, 0.25) is 0 Å². The highest BCUT2D eigenvalue weighted by atomic mass is 35.5. The van der Waals surface area contributed by atoms with Gasteiger partial charge < -0.3 is 10.1 Å². The molecule has 1 N–H and O–H groups in total. The van der Waals surface area contributed by atoms with E-state index in [0.29, 0.717) is 11.5 Å². The summed E-state index contributed by atoms with van der Waals surface area (Å²) in [6.45, 7) is 2.00. The van der Waals surface area contributed by atoms with Crippen LogP contribution in [0.25, 0.3) is 16.9 Å². The van der Waals surface area contributed by atoms with Crippen molar-refractivity contribution in [1.29, 1.82) is 0 Å². The summed E-state index contributed by atoms with van der Waals surface area (Å²) in [6, 6.07) is 20.9. The van der Waals surface area contributed by atoms with Crippen molar-refractivity contribution in [2.45, 2.75) is 6.92 Å². The molecule has 0 fully saturated rings. The molecule has 0 radical (unpaired) electrons. The van der Waals surface area contributed by atoms with Crippen LogP contribution in [0, 0.1) is 12.7 Å². The van der Waals surface area contributed by atoms with Crippen LogP contribution in [0.3, 0.4) is 0 Å². The Morgan fingerprint density at radius 1 is 1.03 bits per heavy atom. The van der Waals surface area contributed by atoms with Crippen molar-refractivity contribution in [3.05, 3.63) is 94.8 Å². The predicted molar refractivity (Wildman–Crippen MR) is 120 cm³/mol. The van der Waals surface area contributed by atoms with Gasteiger partial charge in [0.05, 0.1) is 23.5 Å². The summed E-state index contributed by atoms with van der Waals surface area (Å²) in [4.78, 5) is 12.8. The minimum Gasteiger partial charge on any atom is -0.497 e. The molecule has 1 heterocycles. The molecule has 4 aromatic rings. The van der Waals surface area contributed by atoms with Gasteiger partial charge in [-0.2, -0.15) is 5.10 Å². The van der Waals surface area contributed by atoms with E-state index in [1.165, 1.54) is 12.1 Å². The van der Waals surface area contributed by atoms with E-state index < -0.39 is 11.7 Å². The van der Waals surface area contributed by atoms with Gasteiger partial charge in [0.25, 0.3) is 5.91 Å². The number of aromatic nitrogens is 2. The lowest BCUT2D eigenvalue weighted by Gasteiger charge is -2.09. The highest BCUT2D eigenvalue weighted by Gasteiger charge is 2.16. The monoisotopic (exact) mass is 435 g/mol. The lowest BCUT2D eigenvalue weighted by atomic mass is 10.1. The Balaban J connectivity index is 1.73. The molecule has 0 unspecified atom stereocenters. The van der Waals surface area contributed by atoms with Crippen molar-refractivity contribution >= 4 is 23.3 Å². The van der Waals surface area contributed by atoms with Crippen LogP contribution in [-0.4, -0.2) is 22.8 Å². The summed E-state index contributed by atoms with van der Waals surface area (Å²) >= 11 is 5.83. The molecule has 156 valence electrons. The van der Waals surface area contributed by atoms with E-state index in [4.69, 9.17) is 16.3 Å². The SMILES string of the molecule is COc1ccc(-c2cc(NC(=O)c3ccc(F)c(Cl)c3)n(-c3ccc(C)cc3)n2)cc1. The zero-order valence-electron chi connectivity index (χ0n) is 16.9. The van der Waals surface area contributed by atoms with Crippen LogP contribution >= 0.6 is 11.6 Å². The molecule has 0 aliphatic rings. The van der Waals surface area contributed by atoms with Gasteiger partial charge in [-0.1, -0.05) is 29.3 Å². The number of rotatable bonds is 5. The highest BCUT2D eigenvalue weighted by Crippen LogP contribution is 2.27. The Morgan fingerprint density at radius 3 is 2.39 bits per heavy atom. The first-order valence-corrected chi connectivity index (χ1v) is 9.90. The third kappa shape index (κ3) is 4.44. The van der Waals surface area contributed by atoms with E-state index in [1.54, 1.807) is 17.9 Å². The van der Waals surface area contributed by atoms with Gasteiger partial charge in [0.15, 0.2) is 0 Å². The summed E-state index contributed by atoms with van der Waals surface area (Å²) < 4.78 is 20.3. The molecule has 7 heteroatoms. The van der Waals surface area contributed by atoms with Crippen molar-refractivity contribution in [1.82, 2.24) is 9.78 Å². The Bertz CT molecular complexity index is 1230. The quantitative estimate of drug-likeness (QED) is 0.424. The smallest absolute Gasteiger partial charge is 0.256 e. The van der Waals surface area contributed by atoms with E-state index in [0.717, 1.165) is 28.6 Å². The van der Waals surface area contributed by atoms with E-state index >= 15 is 0 Å². The van der Waals surface area contributed by atoms with E-state index in [9.17, 15) is 9.18 Å². The van der Waals surface area contributed by atoms with Crippen LogP contribution in [0.15, 0.2) is 72.8 Å². The molecule has 4 rings (SSSR count). The third-order valence-corrected chi connectivity index (χ3v) is 5.09. The van der Waals surface area contributed by atoms with Gasteiger partial charge in [-0.15, -0.1) is 0 Å². The maximum absolute atomic E-state index is 13.5. The molecule has 0 aliphatic heterocycles. The number of nitrogens with zero attached hydrogens (tertiary/aromatic N) is 2. The second kappa shape index (κ2) is 8.62. The van der Waals surface area contributed by atoms with Crippen molar-refractivity contribution in [2.75, 3.05) is 12.4 Å². The Morgan fingerprint density at radius 2 is 1.74 bits per heavy atom. The molecule has 31 heavy (non-hydrogen) atoms. The number of methoxy groups -OCH3 is 1. The van der Waals surface area contributed by atoms with Gasteiger partial charge in [-0.25, -0.2) is 9.07 Å². The van der Waals surface area contributed by atoms with Crippen molar-refractivity contribution in [2.24, 2.45) is 0 Å². The number of carbonyl (C=O) groups is 1. The fourth-order valence-corrected chi connectivity index (χ4v) is 3.26. The van der Waals surface area contributed by atoms with Gasteiger partial charge in [0.1, 0.15) is 17.4 Å². The van der Waals surface area contributed by atoms with Crippen molar-refractivity contribution < 1.29 is 13.9 Å². The third-order valence-electron chi connectivity index (χ3n) is 4.80. The van der Waals surface area contributed by atoms with Crippen molar-refractivity contribution in [3.8, 4) is 22.7 Å². The average Bonchev–Trinajstić information content (AvgIpc) is 3.20. The van der Waals surface area contributed by atoms with Crippen molar-refractivity contribution in [3.63, 3.8) is 0 Å². The molecule has 0 bridgehead atoms. The number of nitrogens with one attached hydrogen (secondary N) is 1. The molecule has 0 saturated heterocycles. The molecule has 0 atom stereocenters. The maximum atomic E-state index is 13.5. The molecule has 0 spiro atoms. The van der Waals surface area contributed by atoms with E-state index in [-0.39, 0.29) is 10.6 Å². The van der Waals surface area contributed by atoms with Crippen LogP contribution in [0.5, 0.6) is 5.75 Å². The molecular weight excluding hydrogens is 417 g/mol. The fraction of sp³-hybridized carbons (Fsp3) is 0.0833. The topological polar surface area (TPSA) is 56.1 Å². The first-order valence-electron chi connectivity index (χ1n) is 9.52. The van der Waals surface area contributed by atoms with E-state index in [1.807, 2.05) is 55.5 Å². The zero-order chi connectivity index (χ0) is 22.0. The molecular formula is C24H19ClFN3O2. The lowest BCUT2D eigenvalue weighted by Crippen LogP contribution is -2.15. The lowest BCUT2D eigenvalue weighted by molar-refractivity contribution is 0.102. The number of aryl methyl sites for hydroxylation is 1. The first kappa shape index (κ1) is 20.6. The van der Waals surface area contributed by atoms with Gasteiger partial charge in [-0.05, 0) is 61.5 Å². The number of ether oxygens (including phenoxy) is 1. The number of benzene rings is 3. The van der Waals surface area contributed by atoms with Crippen LogP contribution in [0.4, 0.5) is 10.2 Å². The minimum absolute atomic E-state index is 0.112. The normalized spacial score (nSPS) is 10.7. The minimum atomic E-state index is -0.579. The molecule has 5 nitrogen and oxygen atoms in total. The standard InChI is InChI=1S/C24H19ClFN3O2/c1-15-3-8-18(9-4-15)29-23(27-24(30)17-7-12-21(26)20(25)13-17)14-22(28-29)16-5-10-19(31-2)11-6-16/h3-14H,1-2H3,(H,27,30). The van der Waals surface area contributed by atoms with Gasteiger partial charge in [-0.3, -0.25) is 4.79 Å². The molecule has 0 aliphatic carbocycles. The number of carbonyl (C=O) groups excluding carboxylic acids is 1. The molecule has 3 aromatic carbocycles. The molecule has 0 saturated carbocycles. The van der Waals surface area contributed by atoms with Crippen LogP contribution in [-0.2, 0) is 0 Å². The first-order chi connectivity index (χ1) is 14.9. The highest BCUT2D eigenvalue weighted by molar-refractivity contribution is 6.31. The van der Waals surface area contributed by atoms with Gasteiger partial charge >= 0.3 is 0 Å².